The van der Waals surface area contributed by atoms with E-state index in [4.69, 9.17) is 15.0 Å². The Morgan fingerprint density at radius 1 is 0.462 bits per heavy atom. The Hall–Kier alpha value is -5.42. The lowest BCUT2D eigenvalue weighted by molar-refractivity contribution is 1.18. The minimum absolute atomic E-state index is 0.704. The number of pyridine rings is 2. The van der Waals surface area contributed by atoms with E-state index in [1.165, 1.54) is 0 Å². The average Bonchev–Trinajstić information content (AvgIpc) is 3.42. The molecule has 0 unspecified atom stereocenters. The number of aromatic nitrogens is 5. The normalized spacial score (nSPS) is 11.1. The molecular weight excluding hydrogens is 478 g/mol. The molecule has 0 aliphatic heterocycles. The van der Waals surface area contributed by atoms with Crippen LogP contribution in [0.2, 0.25) is 0 Å². The number of imidazole rings is 1. The lowest BCUT2D eigenvalue weighted by atomic mass is 10.0. The molecule has 39 heavy (non-hydrogen) atoms. The Morgan fingerprint density at radius 2 is 1.08 bits per heavy atom. The molecule has 4 aromatic heterocycles. The fourth-order valence-electron chi connectivity index (χ4n) is 4.82. The summed E-state index contributed by atoms with van der Waals surface area (Å²) in [5.41, 5.74) is 9.47. The first-order valence-electron chi connectivity index (χ1n) is 12.8. The molecule has 0 aliphatic rings. The van der Waals surface area contributed by atoms with E-state index in [1.54, 1.807) is 6.20 Å². The number of hydrogen-bond donors (Lipinski definition) is 0. The predicted octanol–water partition coefficient (Wildman–Crippen LogP) is 7.85. The van der Waals surface area contributed by atoms with Gasteiger partial charge in [0, 0.05) is 34.6 Å². The first kappa shape index (κ1) is 22.8. The van der Waals surface area contributed by atoms with Crippen molar-refractivity contribution >= 4 is 5.65 Å². The van der Waals surface area contributed by atoms with Crippen LogP contribution in [0.5, 0.6) is 0 Å². The van der Waals surface area contributed by atoms with Crippen molar-refractivity contribution in [3.63, 3.8) is 0 Å². The molecule has 5 heteroatoms. The number of rotatable bonds is 5. The summed E-state index contributed by atoms with van der Waals surface area (Å²) in [6, 6.07) is 42.8. The molecule has 0 spiro atoms. The van der Waals surface area contributed by atoms with Gasteiger partial charge in [-0.15, -0.1) is 0 Å². The van der Waals surface area contributed by atoms with Gasteiger partial charge in [-0.1, -0.05) is 97.1 Å². The van der Waals surface area contributed by atoms with Gasteiger partial charge in [0.05, 0.1) is 22.8 Å². The van der Waals surface area contributed by atoms with Crippen molar-refractivity contribution in [2.75, 3.05) is 0 Å². The highest BCUT2D eigenvalue weighted by atomic mass is 15.0. The predicted molar refractivity (Wildman–Crippen MR) is 156 cm³/mol. The standard InChI is InChI=1S/C34H23N5/c1-3-11-24(12-4-1)29-23-30(37-34(36-29)27-13-5-2-6-14-27)25-17-19-26(20-18-25)33-32(28-15-7-9-21-35-28)38-31-16-8-10-22-39(31)33/h1-23H. The van der Waals surface area contributed by atoms with Crippen molar-refractivity contribution in [2.45, 2.75) is 0 Å². The van der Waals surface area contributed by atoms with E-state index in [0.717, 1.165) is 56.4 Å². The van der Waals surface area contributed by atoms with Crippen molar-refractivity contribution in [1.29, 1.82) is 0 Å². The molecular formula is C34H23N5. The summed E-state index contributed by atoms with van der Waals surface area (Å²) in [7, 11) is 0. The van der Waals surface area contributed by atoms with E-state index in [9.17, 15) is 0 Å². The minimum atomic E-state index is 0.704. The third-order valence-electron chi connectivity index (χ3n) is 6.72. The molecule has 7 aromatic rings. The van der Waals surface area contributed by atoms with Crippen LogP contribution in [0.15, 0.2) is 140 Å². The summed E-state index contributed by atoms with van der Waals surface area (Å²) in [6.45, 7) is 0. The van der Waals surface area contributed by atoms with E-state index in [0.29, 0.717) is 5.82 Å². The molecule has 0 N–H and O–H groups in total. The molecule has 184 valence electrons. The summed E-state index contributed by atoms with van der Waals surface area (Å²) in [5.74, 6) is 0.704. The Kier molecular flexibility index (Phi) is 5.72. The van der Waals surface area contributed by atoms with Gasteiger partial charge in [0.2, 0.25) is 0 Å². The largest absolute Gasteiger partial charge is 0.299 e. The van der Waals surface area contributed by atoms with Crippen LogP contribution in [0.25, 0.3) is 62.2 Å². The topological polar surface area (TPSA) is 56.0 Å². The summed E-state index contributed by atoms with van der Waals surface area (Å²) in [6.07, 6.45) is 3.84. The van der Waals surface area contributed by atoms with Gasteiger partial charge in [0.1, 0.15) is 11.3 Å². The molecule has 0 saturated carbocycles. The van der Waals surface area contributed by atoms with Gasteiger partial charge in [-0.25, -0.2) is 15.0 Å². The molecule has 5 nitrogen and oxygen atoms in total. The first-order chi connectivity index (χ1) is 19.3. The van der Waals surface area contributed by atoms with Gasteiger partial charge in [-0.3, -0.25) is 9.38 Å². The van der Waals surface area contributed by atoms with Crippen LogP contribution in [0.1, 0.15) is 0 Å². The van der Waals surface area contributed by atoms with E-state index < -0.39 is 0 Å². The summed E-state index contributed by atoms with van der Waals surface area (Å²) in [5, 5.41) is 0. The van der Waals surface area contributed by atoms with Crippen LogP contribution in [0.4, 0.5) is 0 Å². The SMILES string of the molecule is c1ccc(-c2cc(-c3ccc(-c4c(-c5ccccn5)nc5ccccn45)cc3)nc(-c3ccccc3)n2)cc1. The van der Waals surface area contributed by atoms with Gasteiger partial charge >= 0.3 is 0 Å². The summed E-state index contributed by atoms with van der Waals surface area (Å²) in [4.78, 5) is 19.4. The molecule has 0 bridgehead atoms. The molecule has 3 aromatic carbocycles. The fraction of sp³-hybridized carbons (Fsp3) is 0. The van der Waals surface area contributed by atoms with Crippen molar-refractivity contribution in [3.05, 3.63) is 140 Å². The fourth-order valence-corrected chi connectivity index (χ4v) is 4.82. The third-order valence-corrected chi connectivity index (χ3v) is 6.72. The zero-order valence-corrected chi connectivity index (χ0v) is 21.0. The number of benzene rings is 3. The Bertz CT molecular complexity index is 1820. The molecule has 0 fully saturated rings. The zero-order valence-electron chi connectivity index (χ0n) is 21.0. The number of nitrogens with zero attached hydrogens (tertiary/aromatic N) is 5. The third kappa shape index (κ3) is 4.36. The Balaban J connectivity index is 1.35. The maximum Gasteiger partial charge on any atom is 0.160 e. The highest BCUT2D eigenvalue weighted by molar-refractivity contribution is 5.82. The molecule has 0 radical (unpaired) electrons. The van der Waals surface area contributed by atoms with Crippen LogP contribution in [-0.4, -0.2) is 24.3 Å². The molecule has 0 aliphatic carbocycles. The molecule has 0 saturated heterocycles. The van der Waals surface area contributed by atoms with Crippen LogP contribution in [-0.2, 0) is 0 Å². The van der Waals surface area contributed by atoms with Crippen LogP contribution >= 0.6 is 0 Å². The first-order valence-corrected chi connectivity index (χ1v) is 12.8. The van der Waals surface area contributed by atoms with Crippen molar-refractivity contribution in [2.24, 2.45) is 0 Å². The van der Waals surface area contributed by atoms with Crippen molar-refractivity contribution in [1.82, 2.24) is 24.3 Å². The highest BCUT2D eigenvalue weighted by Crippen LogP contribution is 2.34. The zero-order chi connectivity index (χ0) is 26.0. The van der Waals surface area contributed by atoms with Gasteiger partial charge in [-0.05, 0) is 30.3 Å². The lowest BCUT2D eigenvalue weighted by Crippen LogP contribution is -1.96. The molecule has 7 rings (SSSR count). The van der Waals surface area contributed by atoms with E-state index in [1.807, 2.05) is 91.1 Å². The second kappa shape index (κ2) is 9.80. The molecule has 0 atom stereocenters. The highest BCUT2D eigenvalue weighted by Gasteiger charge is 2.17. The molecule has 0 amide bonds. The quantitative estimate of drug-likeness (QED) is 0.241. The molecule has 4 heterocycles. The van der Waals surface area contributed by atoms with Gasteiger partial charge in [0.15, 0.2) is 5.82 Å². The van der Waals surface area contributed by atoms with Crippen LogP contribution in [0, 0.1) is 0 Å². The maximum atomic E-state index is 4.97. The average molecular weight is 502 g/mol. The smallest absolute Gasteiger partial charge is 0.160 e. The van der Waals surface area contributed by atoms with E-state index >= 15 is 0 Å². The monoisotopic (exact) mass is 501 g/mol. The Morgan fingerprint density at radius 3 is 1.77 bits per heavy atom. The number of hydrogen-bond acceptors (Lipinski definition) is 4. The van der Waals surface area contributed by atoms with E-state index in [2.05, 4.69) is 51.8 Å². The van der Waals surface area contributed by atoms with Gasteiger partial charge < -0.3 is 0 Å². The van der Waals surface area contributed by atoms with Crippen molar-refractivity contribution in [3.8, 4) is 56.5 Å². The lowest BCUT2D eigenvalue weighted by Gasteiger charge is -2.10. The maximum absolute atomic E-state index is 4.97. The summed E-state index contributed by atoms with van der Waals surface area (Å²) >= 11 is 0. The minimum Gasteiger partial charge on any atom is -0.299 e. The second-order valence-electron chi connectivity index (χ2n) is 9.22. The van der Waals surface area contributed by atoms with Crippen LogP contribution in [0.3, 0.4) is 0 Å². The van der Waals surface area contributed by atoms with Crippen molar-refractivity contribution < 1.29 is 0 Å². The second-order valence-corrected chi connectivity index (χ2v) is 9.22. The summed E-state index contributed by atoms with van der Waals surface area (Å²) < 4.78 is 2.12. The van der Waals surface area contributed by atoms with Gasteiger partial charge in [-0.2, -0.15) is 0 Å². The van der Waals surface area contributed by atoms with E-state index in [-0.39, 0.29) is 0 Å². The van der Waals surface area contributed by atoms with Crippen LogP contribution < -0.4 is 0 Å². The number of fused-ring (bicyclic) bond motifs is 1. The Labute approximate surface area is 226 Å². The van der Waals surface area contributed by atoms with Gasteiger partial charge in [0.25, 0.3) is 0 Å².